The maximum atomic E-state index is 13.9. The SMILES string of the molecule is COCCN(C)c1cc(C(=O)N2CCCC2c2nc(C)cs2)cc(-c2nnc(C(C)(N)Cc3ccccc3)o2)n1. The summed E-state index contributed by atoms with van der Waals surface area (Å²) in [5.41, 5.74) is 8.70. The highest BCUT2D eigenvalue weighted by Crippen LogP contribution is 2.36. The van der Waals surface area contributed by atoms with Crippen molar-refractivity contribution >= 4 is 23.1 Å². The number of hydrogen-bond donors (Lipinski definition) is 1. The van der Waals surface area contributed by atoms with Gasteiger partial charge in [0.1, 0.15) is 16.5 Å². The van der Waals surface area contributed by atoms with E-state index in [1.54, 1.807) is 24.5 Å². The van der Waals surface area contributed by atoms with E-state index in [-0.39, 0.29) is 17.8 Å². The first-order chi connectivity index (χ1) is 19.2. The second-order valence-corrected chi connectivity index (χ2v) is 11.4. The van der Waals surface area contributed by atoms with Crippen molar-refractivity contribution in [2.75, 3.05) is 38.8 Å². The lowest BCUT2D eigenvalue weighted by Gasteiger charge is -2.24. The van der Waals surface area contributed by atoms with E-state index in [1.165, 1.54) is 0 Å². The molecule has 0 aliphatic carbocycles. The Balaban J connectivity index is 1.47. The number of thiazole rings is 1. The van der Waals surface area contributed by atoms with Crippen LogP contribution in [0.4, 0.5) is 5.82 Å². The van der Waals surface area contributed by atoms with Gasteiger partial charge in [-0.15, -0.1) is 21.5 Å². The third-order valence-electron chi connectivity index (χ3n) is 7.06. The number of likely N-dealkylation sites (N-methyl/N-ethyl adjacent to an activating group) is 1. The van der Waals surface area contributed by atoms with Crippen LogP contribution < -0.4 is 10.6 Å². The number of aryl methyl sites for hydroxylation is 1. The van der Waals surface area contributed by atoms with Gasteiger partial charge in [-0.1, -0.05) is 30.3 Å². The molecule has 0 radical (unpaired) electrons. The van der Waals surface area contributed by atoms with E-state index in [2.05, 4.69) is 15.2 Å². The third-order valence-corrected chi connectivity index (χ3v) is 8.13. The van der Waals surface area contributed by atoms with Crippen molar-refractivity contribution in [1.82, 2.24) is 25.1 Å². The second-order valence-electron chi connectivity index (χ2n) is 10.5. The van der Waals surface area contributed by atoms with Crippen molar-refractivity contribution in [2.24, 2.45) is 5.73 Å². The van der Waals surface area contributed by atoms with Crippen LogP contribution in [0.25, 0.3) is 11.6 Å². The van der Waals surface area contributed by atoms with Crippen LogP contribution in [0.3, 0.4) is 0 Å². The molecule has 210 valence electrons. The van der Waals surface area contributed by atoms with Crippen molar-refractivity contribution in [2.45, 2.75) is 44.7 Å². The maximum Gasteiger partial charge on any atom is 0.266 e. The van der Waals surface area contributed by atoms with Crippen LogP contribution in [0.15, 0.2) is 52.3 Å². The Hall–Kier alpha value is -3.67. The number of benzene rings is 1. The predicted octanol–water partition coefficient (Wildman–Crippen LogP) is 4.37. The first kappa shape index (κ1) is 27.9. The topological polar surface area (TPSA) is 124 Å². The smallest absolute Gasteiger partial charge is 0.266 e. The van der Waals surface area contributed by atoms with Gasteiger partial charge in [-0.05, 0) is 50.8 Å². The Morgan fingerprint density at radius 2 is 2.05 bits per heavy atom. The molecule has 3 aromatic heterocycles. The molecule has 1 fully saturated rings. The first-order valence-corrected chi connectivity index (χ1v) is 14.3. The molecule has 0 bridgehead atoms. The van der Waals surface area contributed by atoms with Gasteiger partial charge < -0.3 is 24.7 Å². The molecule has 11 heteroatoms. The van der Waals surface area contributed by atoms with Crippen LogP contribution in [0, 0.1) is 6.92 Å². The van der Waals surface area contributed by atoms with Gasteiger partial charge in [0.25, 0.3) is 11.8 Å². The molecule has 0 spiro atoms. The molecule has 2 N–H and O–H groups in total. The number of amides is 1. The fourth-order valence-electron chi connectivity index (χ4n) is 4.90. The zero-order valence-electron chi connectivity index (χ0n) is 23.3. The third kappa shape index (κ3) is 6.06. The summed E-state index contributed by atoms with van der Waals surface area (Å²) in [7, 11) is 3.56. The van der Waals surface area contributed by atoms with Crippen LogP contribution in [0.2, 0.25) is 0 Å². The van der Waals surface area contributed by atoms with Crippen LogP contribution in [0.1, 0.15) is 58.3 Å². The number of hydrogen-bond acceptors (Lipinski definition) is 10. The molecule has 1 saturated heterocycles. The molecule has 1 aromatic carbocycles. The number of anilines is 1. The van der Waals surface area contributed by atoms with Crippen LogP contribution in [-0.2, 0) is 16.7 Å². The molecule has 1 amide bonds. The number of pyridine rings is 1. The number of likely N-dealkylation sites (tertiary alicyclic amines) is 1. The molecule has 4 aromatic rings. The van der Waals surface area contributed by atoms with E-state index in [9.17, 15) is 4.79 Å². The summed E-state index contributed by atoms with van der Waals surface area (Å²) < 4.78 is 11.3. The Kier molecular flexibility index (Phi) is 8.24. The molecular formula is C29H35N7O3S. The molecular weight excluding hydrogens is 526 g/mol. The number of carbonyl (C=O) groups is 1. The summed E-state index contributed by atoms with van der Waals surface area (Å²) >= 11 is 1.60. The van der Waals surface area contributed by atoms with Gasteiger partial charge in [0.05, 0.1) is 18.2 Å². The van der Waals surface area contributed by atoms with E-state index in [0.29, 0.717) is 49.1 Å². The predicted molar refractivity (Wildman–Crippen MR) is 154 cm³/mol. The first-order valence-electron chi connectivity index (χ1n) is 13.4. The van der Waals surface area contributed by atoms with Crippen molar-refractivity contribution < 1.29 is 13.9 Å². The van der Waals surface area contributed by atoms with Gasteiger partial charge in [-0.25, -0.2) is 9.97 Å². The molecule has 10 nitrogen and oxygen atoms in total. The van der Waals surface area contributed by atoms with Crippen LogP contribution in [0.5, 0.6) is 0 Å². The molecule has 0 saturated carbocycles. The number of nitrogens with zero attached hydrogens (tertiary/aromatic N) is 6. The summed E-state index contributed by atoms with van der Waals surface area (Å²) in [6, 6.07) is 13.4. The number of nitrogens with two attached hydrogens (primary N) is 1. The van der Waals surface area contributed by atoms with Crippen molar-refractivity contribution in [1.29, 1.82) is 0 Å². The highest BCUT2D eigenvalue weighted by Gasteiger charge is 2.34. The zero-order chi connectivity index (χ0) is 28.3. The lowest BCUT2D eigenvalue weighted by molar-refractivity contribution is 0.0735. The second kappa shape index (κ2) is 11.8. The van der Waals surface area contributed by atoms with Gasteiger partial charge in [-0.3, -0.25) is 4.79 Å². The Bertz CT molecular complexity index is 1450. The largest absolute Gasteiger partial charge is 0.417 e. The zero-order valence-corrected chi connectivity index (χ0v) is 24.1. The van der Waals surface area contributed by atoms with Gasteiger partial charge >= 0.3 is 0 Å². The lowest BCUT2D eigenvalue weighted by Crippen LogP contribution is -2.35. The van der Waals surface area contributed by atoms with E-state index < -0.39 is 5.54 Å². The fraction of sp³-hybridized carbons (Fsp3) is 0.414. The molecule has 5 rings (SSSR count). The summed E-state index contributed by atoms with van der Waals surface area (Å²) in [5.74, 6) is 1.05. The van der Waals surface area contributed by atoms with E-state index in [4.69, 9.17) is 19.9 Å². The summed E-state index contributed by atoms with van der Waals surface area (Å²) in [5, 5.41) is 11.6. The monoisotopic (exact) mass is 561 g/mol. The molecule has 2 atom stereocenters. The average molecular weight is 562 g/mol. The van der Waals surface area contributed by atoms with Crippen molar-refractivity contribution in [3.63, 3.8) is 0 Å². The number of carbonyl (C=O) groups excluding carboxylic acids is 1. The quantitative estimate of drug-likeness (QED) is 0.300. The number of ether oxygens (including phenoxy) is 1. The molecule has 40 heavy (non-hydrogen) atoms. The van der Waals surface area contributed by atoms with Gasteiger partial charge in [0, 0.05) is 43.9 Å². The number of rotatable bonds is 10. The van der Waals surface area contributed by atoms with E-state index >= 15 is 0 Å². The Labute approximate surface area is 238 Å². The molecule has 1 aliphatic rings. The van der Waals surface area contributed by atoms with E-state index in [1.807, 2.05) is 72.5 Å². The van der Waals surface area contributed by atoms with Crippen LogP contribution in [-0.4, -0.2) is 64.8 Å². The summed E-state index contributed by atoms with van der Waals surface area (Å²) in [4.78, 5) is 27.2. The van der Waals surface area contributed by atoms with Crippen molar-refractivity contribution in [3.05, 3.63) is 75.6 Å². The normalized spacial score (nSPS) is 16.7. The minimum atomic E-state index is -0.882. The number of aromatic nitrogens is 4. The molecule has 4 heterocycles. The average Bonchev–Trinajstić information content (AvgIpc) is 3.72. The van der Waals surface area contributed by atoms with E-state index in [0.717, 1.165) is 29.1 Å². The molecule has 1 aliphatic heterocycles. The Morgan fingerprint density at radius 1 is 1.25 bits per heavy atom. The maximum absolute atomic E-state index is 13.9. The van der Waals surface area contributed by atoms with Crippen molar-refractivity contribution in [3.8, 4) is 11.6 Å². The highest BCUT2D eigenvalue weighted by molar-refractivity contribution is 7.09. The van der Waals surface area contributed by atoms with Gasteiger partial charge in [0.15, 0.2) is 0 Å². The Morgan fingerprint density at radius 3 is 2.77 bits per heavy atom. The standard InChI is InChI=1S/C29H35N7O3S/c1-19-18-40-26(31-19)23-11-8-12-36(23)27(37)21-15-22(32-24(16-21)35(3)13-14-38-4)25-33-34-28(39-25)29(2,30)17-20-9-6-5-7-10-20/h5-7,9-10,15-16,18,23H,8,11-14,17,30H2,1-4H3. The van der Waals surface area contributed by atoms with Gasteiger partial charge in [0.2, 0.25) is 5.89 Å². The molecule has 2 unspecified atom stereocenters. The highest BCUT2D eigenvalue weighted by atomic mass is 32.1. The summed E-state index contributed by atoms with van der Waals surface area (Å²) in [6.45, 7) is 5.62. The van der Waals surface area contributed by atoms with Crippen LogP contribution >= 0.6 is 11.3 Å². The van der Waals surface area contributed by atoms with Gasteiger partial charge in [-0.2, -0.15) is 0 Å². The minimum absolute atomic E-state index is 0.0385. The lowest BCUT2D eigenvalue weighted by atomic mass is 9.94. The number of methoxy groups -OCH3 is 1. The summed E-state index contributed by atoms with van der Waals surface area (Å²) in [6.07, 6.45) is 2.34. The minimum Gasteiger partial charge on any atom is -0.417 e. The fourth-order valence-corrected chi connectivity index (χ4v) is 5.84.